The average Bonchev–Trinajstić information content (AvgIpc) is 2.34. The van der Waals surface area contributed by atoms with Gasteiger partial charge in [0.1, 0.15) is 0 Å². The second-order valence-corrected chi connectivity index (χ2v) is 3.87. The molecule has 0 fully saturated rings. The smallest absolute Gasteiger partial charge is 0.165 e. The first-order chi connectivity index (χ1) is 8.22. The zero-order valence-electron chi connectivity index (χ0n) is 8.99. The van der Waals surface area contributed by atoms with E-state index < -0.39 is 5.82 Å². The molecule has 0 saturated heterocycles. The normalized spacial score (nSPS) is 10.3. The maximum absolute atomic E-state index is 13.4. The summed E-state index contributed by atoms with van der Waals surface area (Å²) in [5, 5.41) is 0.413. The van der Waals surface area contributed by atoms with Gasteiger partial charge in [-0.2, -0.15) is 0 Å². The van der Waals surface area contributed by atoms with Gasteiger partial charge in [0.25, 0.3) is 0 Å². The zero-order chi connectivity index (χ0) is 12.3. The van der Waals surface area contributed by atoms with Gasteiger partial charge in [-0.1, -0.05) is 35.9 Å². The number of ether oxygens (including phenoxy) is 1. The predicted octanol–water partition coefficient (Wildman–Crippen LogP) is 3.73. The molecule has 0 amide bonds. The second-order valence-electron chi connectivity index (χ2n) is 3.46. The Bertz CT molecular complexity index is 531. The Balaban J connectivity index is 2.39. The third-order valence-electron chi connectivity index (χ3n) is 2.32. The van der Waals surface area contributed by atoms with Crippen LogP contribution in [0.15, 0.2) is 42.5 Å². The molecule has 17 heavy (non-hydrogen) atoms. The molecule has 2 rings (SSSR count). The number of halogens is 2. The molecule has 2 aromatic rings. The van der Waals surface area contributed by atoms with Crippen LogP contribution in [0.25, 0.3) is 0 Å². The third kappa shape index (κ3) is 2.57. The zero-order valence-corrected chi connectivity index (χ0v) is 9.75. The van der Waals surface area contributed by atoms with E-state index in [4.69, 9.17) is 22.1 Å². The summed E-state index contributed by atoms with van der Waals surface area (Å²) in [6.45, 7) is 0.282. The summed E-state index contributed by atoms with van der Waals surface area (Å²) in [5.41, 5.74) is 6.32. The van der Waals surface area contributed by atoms with E-state index in [1.165, 1.54) is 6.07 Å². The van der Waals surface area contributed by atoms with Crippen molar-refractivity contribution in [1.82, 2.24) is 0 Å². The number of hydrogen-bond acceptors (Lipinski definition) is 2. The topological polar surface area (TPSA) is 35.2 Å². The molecular weight excluding hydrogens is 241 g/mol. The van der Waals surface area contributed by atoms with Gasteiger partial charge >= 0.3 is 0 Å². The highest BCUT2D eigenvalue weighted by Gasteiger charge is 2.10. The molecule has 0 aliphatic heterocycles. The van der Waals surface area contributed by atoms with Crippen LogP contribution in [0.5, 0.6) is 11.5 Å². The number of para-hydroxylation sites is 2. The average molecular weight is 252 g/mol. The first-order valence-electron chi connectivity index (χ1n) is 5.12. The Hall–Kier alpha value is -1.58. The van der Waals surface area contributed by atoms with Gasteiger partial charge in [-0.05, 0) is 18.2 Å². The van der Waals surface area contributed by atoms with Crippen LogP contribution in [0.3, 0.4) is 0 Å². The van der Waals surface area contributed by atoms with E-state index in [0.717, 1.165) is 5.56 Å². The summed E-state index contributed by atoms with van der Waals surface area (Å²) in [6.07, 6.45) is 0. The molecule has 88 valence electrons. The van der Waals surface area contributed by atoms with E-state index in [1.54, 1.807) is 36.4 Å². The minimum absolute atomic E-state index is 0.135. The van der Waals surface area contributed by atoms with Crippen LogP contribution in [0.2, 0.25) is 5.02 Å². The molecule has 0 aliphatic rings. The lowest BCUT2D eigenvalue weighted by atomic mass is 10.2. The van der Waals surface area contributed by atoms with Crippen molar-refractivity contribution in [2.24, 2.45) is 5.73 Å². The van der Waals surface area contributed by atoms with Crippen LogP contribution >= 0.6 is 11.6 Å². The van der Waals surface area contributed by atoms with Crippen molar-refractivity contribution in [3.63, 3.8) is 0 Å². The summed E-state index contributed by atoms with van der Waals surface area (Å²) in [7, 11) is 0. The molecule has 0 saturated carbocycles. The molecule has 0 aromatic heterocycles. The highest BCUT2D eigenvalue weighted by Crippen LogP contribution is 2.33. The lowest BCUT2D eigenvalue weighted by molar-refractivity contribution is 0.438. The minimum atomic E-state index is -0.435. The van der Waals surface area contributed by atoms with Crippen LogP contribution in [0, 0.1) is 5.82 Å². The number of nitrogens with two attached hydrogens (primary N) is 1. The number of benzene rings is 2. The van der Waals surface area contributed by atoms with E-state index in [2.05, 4.69) is 0 Å². The summed E-state index contributed by atoms with van der Waals surface area (Å²) >= 11 is 6.01. The van der Waals surface area contributed by atoms with E-state index in [1.807, 2.05) is 0 Å². The van der Waals surface area contributed by atoms with Crippen molar-refractivity contribution in [3.05, 3.63) is 58.9 Å². The number of rotatable bonds is 3. The largest absolute Gasteiger partial charge is 0.452 e. The molecule has 0 aliphatic carbocycles. The fraction of sp³-hybridized carbons (Fsp3) is 0.0769. The SMILES string of the molecule is NCc1cccc(Cl)c1Oc1ccccc1F. The van der Waals surface area contributed by atoms with Crippen molar-refractivity contribution in [3.8, 4) is 11.5 Å². The minimum Gasteiger partial charge on any atom is -0.452 e. The van der Waals surface area contributed by atoms with Crippen LogP contribution in [0.1, 0.15) is 5.56 Å². The first-order valence-corrected chi connectivity index (χ1v) is 5.50. The Kier molecular flexibility index (Phi) is 3.61. The van der Waals surface area contributed by atoms with Crippen molar-refractivity contribution >= 4 is 11.6 Å². The van der Waals surface area contributed by atoms with Crippen LogP contribution < -0.4 is 10.5 Å². The number of hydrogen-bond donors (Lipinski definition) is 1. The van der Waals surface area contributed by atoms with Gasteiger partial charge in [0.05, 0.1) is 5.02 Å². The molecule has 0 heterocycles. The maximum atomic E-state index is 13.4. The van der Waals surface area contributed by atoms with Gasteiger partial charge in [-0.3, -0.25) is 0 Å². The molecule has 4 heteroatoms. The molecule has 0 spiro atoms. The van der Waals surface area contributed by atoms with Crippen molar-refractivity contribution in [2.45, 2.75) is 6.54 Å². The molecule has 2 N–H and O–H groups in total. The summed E-state index contributed by atoms with van der Waals surface area (Å²) in [6, 6.07) is 11.4. The lowest BCUT2D eigenvalue weighted by Gasteiger charge is -2.12. The van der Waals surface area contributed by atoms with E-state index in [-0.39, 0.29) is 12.3 Å². The second kappa shape index (κ2) is 5.17. The molecule has 0 unspecified atom stereocenters. The summed E-state index contributed by atoms with van der Waals surface area (Å²) in [4.78, 5) is 0. The van der Waals surface area contributed by atoms with Crippen LogP contribution in [-0.4, -0.2) is 0 Å². The molecule has 0 radical (unpaired) electrons. The van der Waals surface area contributed by atoms with Gasteiger partial charge < -0.3 is 10.5 Å². The van der Waals surface area contributed by atoms with Gasteiger partial charge in [0.2, 0.25) is 0 Å². The standard InChI is InChI=1S/C13H11ClFNO/c14-10-5-3-4-9(8-16)13(10)17-12-7-2-1-6-11(12)15/h1-7H,8,16H2. The van der Waals surface area contributed by atoms with E-state index >= 15 is 0 Å². The van der Waals surface area contributed by atoms with E-state index in [9.17, 15) is 4.39 Å². The van der Waals surface area contributed by atoms with Crippen molar-refractivity contribution < 1.29 is 9.13 Å². The summed E-state index contributed by atoms with van der Waals surface area (Å²) in [5.74, 6) is 0.104. The first kappa shape index (κ1) is 11.9. The quantitative estimate of drug-likeness (QED) is 0.902. The predicted molar refractivity (Wildman–Crippen MR) is 65.8 cm³/mol. The molecule has 0 bridgehead atoms. The van der Waals surface area contributed by atoms with Crippen molar-refractivity contribution in [2.75, 3.05) is 0 Å². The maximum Gasteiger partial charge on any atom is 0.165 e. The third-order valence-corrected chi connectivity index (χ3v) is 2.61. The molecular formula is C13H11ClFNO. The van der Waals surface area contributed by atoms with Gasteiger partial charge in [-0.25, -0.2) is 4.39 Å². The summed E-state index contributed by atoms with van der Waals surface area (Å²) < 4.78 is 18.9. The van der Waals surface area contributed by atoms with Gasteiger partial charge in [0.15, 0.2) is 17.3 Å². The lowest BCUT2D eigenvalue weighted by Crippen LogP contribution is -2.00. The highest BCUT2D eigenvalue weighted by atomic mass is 35.5. The Labute approximate surface area is 104 Å². The van der Waals surface area contributed by atoms with Crippen LogP contribution in [0.4, 0.5) is 4.39 Å². The highest BCUT2D eigenvalue weighted by molar-refractivity contribution is 6.32. The van der Waals surface area contributed by atoms with Gasteiger partial charge in [0, 0.05) is 12.1 Å². The molecule has 0 atom stereocenters. The molecule has 2 nitrogen and oxygen atoms in total. The van der Waals surface area contributed by atoms with Crippen molar-refractivity contribution in [1.29, 1.82) is 0 Å². The molecule has 2 aromatic carbocycles. The Morgan fingerprint density at radius 2 is 1.88 bits per heavy atom. The fourth-order valence-corrected chi connectivity index (χ4v) is 1.70. The fourth-order valence-electron chi connectivity index (χ4n) is 1.47. The van der Waals surface area contributed by atoms with Crippen LogP contribution in [-0.2, 0) is 6.54 Å². The van der Waals surface area contributed by atoms with Gasteiger partial charge in [-0.15, -0.1) is 0 Å². The monoisotopic (exact) mass is 251 g/mol. The van der Waals surface area contributed by atoms with E-state index in [0.29, 0.717) is 10.8 Å². The Morgan fingerprint density at radius 1 is 1.12 bits per heavy atom. The Morgan fingerprint density at radius 3 is 2.59 bits per heavy atom.